The van der Waals surface area contributed by atoms with Crippen LogP contribution in [0.5, 0.6) is 0 Å². The van der Waals surface area contributed by atoms with E-state index in [0.29, 0.717) is 45.2 Å². The largest absolute Gasteiger partial charge is 0.366 e. The van der Waals surface area contributed by atoms with E-state index in [4.69, 9.17) is 0 Å². The maximum atomic E-state index is 13.9. The predicted molar refractivity (Wildman–Crippen MR) is 116 cm³/mol. The molecular formula is C17H22F2IN7O2. The molecule has 9 nitrogen and oxygen atoms in total. The van der Waals surface area contributed by atoms with E-state index in [0.717, 1.165) is 12.1 Å². The molecule has 3 rings (SSSR count). The van der Waals surface area contributed by atoms with E-state index in [-0.39, 0.29) is 35.4 Å². The first-order valence-electron chi connectivity index (χ1n) is 8.80. The van der Waals surface area contributed by atoms with E-state index in [1.54, 1.807) is 7.05 Å². The quantitative estimate of drug-likeness (QED) is 0.213. The Morgan fingerprint density at radius 2 is 2.03 bits per heavy atom. The van der Waals surface area contributed by atoms with E-state index >= 15 is 0 Å². The zero-order valence-corrected chi connectivity index (χ0v) is 18.1. The summed E-state index contributed by atoms with van der Waals surface area (Å²) in [5.74, 6) is -0.221. The smallest absolute Gasteiger partial charge is 0.306 e. The third kappa shape index (κ3) is 5.74. The van der Waals surface area contributed by atoms with Crippen LogP contribution in [0.1, 0.15) is 0 Å². The first-order valence-corrected chi connectivity index (χ1v) is 8.80. The molecule has 0 spiro atoms. The van der Waals surface area contributed by atoms with Crippen LogP contribution in [0.4, 0.5) is 20.2 Å². The molecule has 0 aliphatic carbocycles. The van der Waals surface area contributed by atoms with Crippen molar-refractivity contribution in [3.8, 4) is 0 Å². The lowest BCUT2D eigenvalue weighted by molar-refractivity contribution is -0.385. The maximum Gasteiger partial charge on any atom is 0.306 e. The minimum absolute atomic E-state index is 0. The summed E-state index contributed by atoms with van der Waals surface area (Å²) >= 11 is 0. The van der Waals surface area contributed by atoms with Crippen LogP contribution in [0.15, 0.2) is 35.6 Å². The number of guanidine groups is 1. The number of nitrogens with one attached hydrogen (secondary N) is 1. The Hall–Kier alpha value is -2.51. The van der Waals surface area contributed by atoms with Crippen molar-refractivity contribution < 1.29 is 13.7 Å². The molecule has 1 saturated heterocycles. The van der Waals surface area contributed by atoms with Crippen molar-refractivity contribution in [2.75, 3.05) is 44.7 Å². The summed E-state index contributed by atoms with van der Waals surface area (Å²) in [5.41, 5.74) is 0.216. The summed E-state index contributed by atoms with van der Waals surface area (Å²) in [6.45, 7) is 3.20. The number of piperazine rings is 1. The molecule has 1 aliphatic heterocycles. The number of nitro groups is 1. The Morgan fingerprint density at radius 3 is 2.66 bits per heavy atom. The number of hydrogen-bond donors (Lipinski definition) is 1. The first-order chi connectivity index (χ1) is 13.5. The summed E-state index contributed by atoms with van der Waals surface area (Å²) in [5, 5.41) is 17.8. The molecule has 0 unspecified atom stereocenters. The van der Waals surface area contributed by atoms with Crippen LogP contribution in [0.2, 0.25) is 0 Å². The average molecular weight is 521 g/mol. The third-order valence-electron chi connectivity index (χ3n) is 4.49. The number of nitrogens with zero attached hydrogens (tertiary/aromatic N) is 6. The lowest BCUT2D eigenvalue weighted by Crippen LogP contribution is -2.53. The first kappa shape index (κ1) is 22.8. The van der Waals surface area contributed by atoms with Gasteiger partial charge in [-0.1, -0.05) is 0 Å². The molecule has 0 saturated carbocycles. The van der Waals surface area contributed by atoms with Crippen molar-refractivity contribution in [1.29, 1.82) is 0 Å². The Morgan fingerprint density at radius 1 is 1.31 bits per heavy atom. The second kappa shape index (κ2) is 10.3. The monoisotopic (exact) mass is 521 g/mol. The van der Waals surface area contributed by atoms with Gasteiger partial charge in [0.15, 0.2) is 5.96 Å². The van der Waals surface area contributed by atoms with Gasteiger partial charge in [0, 0.05) is 45.8 Å². The molecule has 12 heteroatoms. The van der Waals surface area contributed by atoms with E-state index in [2.05, 4.69) is 15.4 Å². The van der Waals surface area contributed by atoms with Crippen molar-refractivity contribution in [2.45, 2.75) is 6.54 Å². The van der Waals surface area contributed by atoms with Gasteiger partial charge < -0.3 is 15.1 Å². The van der Waals surface area contributed by atoms with Crippen molar-refractivity contribution in [3.05, 3.63) is 52.3 Å². The van der Waals surface area contributed by atoms with Crippen LogP contribution < -0.4 is 10.2 Å². The van der Waals surface area contributed by atoms with E-state index in [1.165, 1.54) is 23.1 Å². The second-order valence-electron chi connectivity index (χ2n) is 6.26. The molecule has 0 bridgehead atoms. The summed E-state index contributed by atoms with van der Waals surface area (Å²) in [4.78, 5) is 18.3. The Kier molecular flexibility index (Phi) is 8.10. The van der Waals surface area contributed by atoms with Gasteiger partial charge in [0.1, 0.15) is 24.0 Å². The summed E-state index contributed by atoms with van der Waals surface area (Å²) in [6.07, 6.45) is 2.58. The Balaban J connectivity index is 0.00000300. The number of aliphatic imine (C=N–C) groups is 1. The highest BCUT2D eigenvalue weighted by atomic mass is 127. The zero-order chi connectivity index (χ0) is 20.1. The highest BCUT2D eigenvalue weighted by Crippen LogP contribution is 2.21. The highest BCUT2D eigenvalue weighted by molar-refractivity contribution is 14.0. The van der Waals surface area contributed by atoms with Crippen LogP contribution in [-0.2, 0) is 6.54 Å². The van der Waals surface area contributed by atoms with Gasteiger partial charge in [-0.2, -0.15) is 5.10 Å². The molecule has 1 N–H and O–H groups in total. The average Bonchev–Trinajstić information content (AvgIpc) is 3.17. The van der Waals surface area contributed by atoms with Gasteiger partial charge in [-0.25, -0.2) is 8.78 Å². The lowest BCUT2D eigenvalue weighted by atomic mass is 10.2. The molecule has 1 fully saturated rings. The molecule has 29 heavy (non-hydrogen) atoms. The zero-order valence-electron chi connectivity index (χ0n) is 15.8. The summed E-state index contributed by atoms with van der Waals surface area (Å²) in [7, 11) is 1.67. The molecule has 1 aromatic heterocycles. The van der Waals surface area contributed by atoms with Crippen molar-refractivity contribution in [2.24, 2.45) is 4.99 Å². The standard InChI is InChI=1S/C17H21F2N7O2.HI/c1-20-17(21-4-5-25-12-14(11-22-25)26(27)28)24-8-6-23(7-9-24)16-10-13(18)2-3-15(16)19;/h2-3,10-12H,4-9H2,1H3,(H,20,21);1H. The van der Waals surface area contributed by atoms with Crippen molar-refractivity contribution in [1.82, 2.24) is 20.0 Å². The number of aromatic nitrogens is 2. The van der Waals surface area contributed by atoms with Gasteiger partial charge in [-0.15, -0.1) is 24.0 Å². The molecular weight excluding hydrogens is 499 g/mol. The van der Waals surface area contributed by atoms with Crippen molar-refractivity contribution in [3.63, 3.8) is 0 Å². The van der Waals surface area contributed by atoms with Gasteiger partial charge in [0.2, 0.25) is 0 Å². The van der Waals surface area contributed by atoms with Crippen LogP contribution in [0.25, 0.3) is 0 Å². The fourth-order valence-corrected chi connectivity index (χ4v) is 3.07. The normalized spacial score (nSPS) is 14.5. The molecule has 2 heterocycles. The molecule has 1 aromatic carbocycles. The molecule has 158 valence electrons. The summed E-state index contributed by atoms with van der Waals surface area (Å²) in [6, 6.07) is 3.45. The maximum absolute atomic E-state index is 13.9. The fraction of sp³-hybridized carbons (Fsp3) is 0.412. The lowest BCUT2D eigenvalue weighted by Gasteiger charge is -2.37. The van der Waals surface area contributed by atoms with E-state index in [9.17, 15) is 18.9 Å². The molecule has 2 aromatic rings. The highest BCUT2D eigenvalue weighted by Gasteiger charge is 2.22. The fourth-order valence-electron chi connectivity index (χ4n) is 3.07. The predicted octanol–water partition coefficient (Wildman–Crippen LogP) is 2.09. The van der Waals surface area contributed by atoms with Crippen LogP contribution >= 0.6 is 24.0 Å². The third-order valence-corrected chi connectivity index (χ3v) is 4.49. The number of rotatable bonds is 5. The number of hydrogen-bond acceptors (Lipinski definition) is 5. The SMILES string of the molecule is CN=C(NCCn1cc([N+](=O)[O-])cn1)N1CCN(c2cc(F)ccc2F)CC1.I. The number of anilines is 1. The van der Waals surface area contributed by atoms with Crippen LogP contribution in [-0.4, -0.2) is 65.3 Å². The van der Waals surface area contributed by atoms with Gasteiger partial charge >= 0.3 is 5.69 Å². The van der Waals surface area contributed by atoms with Gasteiger partial charge in [0.05, 0.1) is 17.2 Å². The minimum atomic E-state index is -0.489. The second-order valence-corrected chi connectivity index (χ2v) is 6.26. The Bertz CT molecular complexity index is 869. The van der Waals surface area contributed by atoms with E-state index < -0.39 is 16.6 Å². The van der Waals surface area contributed by atoms with E-state index in [1.807, 2.05) is 9.80 Å². The number of halogens is 3. The molecule has 0 atom stereocenters. The Labute approximate surface area is 183 Å². The molecule has 0 radical (unpaired) electrons. The van der Waals surface area contributed by atoms with Gasteiger partial charge in [0.25, 0.3) is 0 Å². The summed E-state index contributed by atoms with van der Waals surface area (Å²) < 4.78 is 28.8. The van der Waals surface area contributed by atoms with Gasteiger partial charge in [-0.05, 0) is 12.1 Å². The van der Waals surface area contributed by atoms with Crippen LogP contribution in [0.3, 0.4) is 0 Å². The van der Waals surface area contributed by atoms with Crippen LogP contribution in [0, 0.1) is 21.7 Å². The number of benzene rings is 1. The topological polar surface area (TPSA) is 91.8 Å². The van der Waals surface area contributed by atoms with Gasteiger partial charge in [-0.3, -0.25) is 19.8 Å². The molecule has 0 amide bonds. The minimum Gasteiger partial charge on any atom is -0.366 e. The molecule has 1 aliphatic rings. The van der Waals surface area contributed by atoms with Crippen molar-refractivity contribution >= 4 is 41.3 Å².